The van der Waals surface area contributed by atoms with Crippen LogP contribution in [-0.4, -0.2) is 146 Å². The zero-order valence-electron chi connectivity index (χ0n) is 49.0. The molecule has 476 valence electrons. The number of fused-ring (bicyclic) bond motifs is 5. The van der Waals surface area contributed by atoms with Gasteiger partial charge in [-0.2, -0.15) is 13.2 Å². The molecule has 4 bridgehead atoms. The number of alkyl carbamates (subject to hydrolysis) is 1. The second-order valence-electron chi connectivity index (χ2n) is 21.8. The average Bonchev–Trinajstić information content (AvgIpc) is 3.90. The fourth-order valence-electron chi connectivity index (χ4n) is 9.92. The summed E-state index contributed by atoms with van der Waals surface area (Å²) < 4.78 is 79.3. The van der Waals surface area contributed by atoms with Crippen molar-refractivity contribution in [2.45, 2.75) is 146 Å². The maximum atomic E-state index is 15.0. The Morgan fingerprint density at radius 3 is 2.35 bits per heavy atom. The number of methoxy groups -OCH3 is 2. The molecule has 2 aromatic rings. The van der Waals surface area contributed by atoms with Crippen molar-refractivity contribution >= 4 is 108 Å². The number of unbranched alkanes of at least 4 members (excludes halogenated alkanes) is 2. The average molecular weight is 1370 g/mol. The SMILES string of the molecule is COc1cc2cc(c1Cl)N(C)C(=O)C[C@H](OC(=O)Nc1ccc(NC(=O)[C@H](CCCNC(N)=O)NC(=O)[C@@H](NC(=O)CCCCCOC(=O)C(CBr)CBr)C(C)C)c(C(F)(F)F)c1)[C@]1(C)O[C@H]1[C@H](C)[C@@H]1C[C@@](O)(NC(=O)O1)[C@H](OC)/C=C/C=C(\C)C2. The molecule has 0 spiro atoms. The van der Waals surface area contributed by atoms with Crippen molar-refractivity contribution in [2.24, 2.45) is 23.5 Å². The second-order valence-corrected chi connectivity index (χ2v) is 23.5. The van der Waals surface area contributed by atoms with Crippen LogP contribution in [0.4, 0.5) is 44.6 Å². The minimum Gasteiger partial charge on any atom is -0.495 e. The van der Waals surface area contributed by atoms with Gasteiger partial charge in [-0.25, -0.2) is 14.4 Å². The molecule has 3 aliphatic heterocycles. The van der Waals surface area contributed by atoms with Gasteiger partial charge in [0, 0.05) is 55.8 Å². The number of aliphatic hydroxyl groups is 1. The number of hydrogen-bond acceptors (Lipinski definition) is 15. The molecule has 2 fully saturated rings. The van der Waals surface area contributed by atoms with Crippen LogP contribution in [0.5, 0.6) is 5.75 Å². The highest BCUT2D eigenvalue weighted by molar-refractivity contribution is 9.09. The van der Waals surface area contributed by atoms with Gasteiger partial charge >= 0.3 is 30.4 Å². The molecule has 86 heavy (non-hydrogen) atoms. The number of primary amides is 1. The third kappa shape index (κ3) is 19.4. The number of rotatable bonds is 23. The number of carbonyl (C=O) groups excluding carboxylic acids is 8. The first-order valence-corrected chi connectivity index (χ1v) is 30.4. The van der Waals surface area contributed by atoms with Crippen molar-refractivity contribution in [3.8, 4) is 5.75 Å². The first kappa shape index (κ1) is 70.6. The molecule has 9 N–H and O–H groups in total. The summed E-state index contributed by atoms with van der Waals surface area (Å²) in [6, 6.07) is 2.20. The molecule has 2 aromatic carbocycles. The predicted octanol–water partition coefficient (Wildman–Crippen LogP) is 7.91. The molecule has 29 heteroatoms. The van der Waals surface area contributed by atoms with E-state index in [1.807, 2.05) is 6.92 Å². The molecular weight excluding hydrogens is 1290 g/mol. The summed E-state index contributed by atoms with van der Waals surface area (Å²) in [5, 5.41) is 27.3. The Morgan fingerprint density at radius 2 is 1.71 bits per heavy atom. The van der Waals surface area contributed by atoms with Gasteiger partial charge in [0.1, 0.15) is 46.8 Å². The van der Waals surface area contributed by atoms with E-state index in [-0.39, 0.29) is 67.2 Å². The minimum atomic E-state index is -5.17. The number of nitrogens with one attached hydrogen (secondary N) is 6. The lowest BCUT2D eigenvalue weighted by Crippen LogP contribution is -2.63. The van der Waals surface area contributed by atoms with Crippen molar-refractivity contribution in [3.63, 3.8) is 0 Å². The van der Waals surface area contributed by atoms with Gasteiger partial charge in [-0.3, -0.25) is 34.6 Å². The summed E-state index contributed by atoms with van der Waals surface area (Å²) in [6.45, 7) is 8.39. The van der Waals surface area contributed by atoms with Crippen LogP contribution in [0.15, 0.2) is 54.1 Å². The quantitative estimate of drug-likeness (QED) is 0.0172. The smallest absolute Gasteiger partial charge is 0.418 e. The van der Waals surface area contributed by atoms with Gasteiger partial charge in [0.15, 0.2) is 5.72 Å². The Labute approximate surface area is 518 Å². The summed E-state index contributed by atoms with van der Waals surface area (Å²) in [4.78, 5) is 107. The van der Waals surface area contributed by atoms with Crippen LogP contribution in [0.1, 0.15) is 97.1 Å². The summed E-state index contributed by atoms with van der Waals surface area (Å²) in [5.74, 6) is -4.82. The number of benzene rings is 2. The van der Waals surface area contributed by atoms with Crippen molar-refractivity contribution in [1.82, 2.24) is 21.3 Å². The topological polar surface area (TPSA) is 317 Å². The number of hydrogen-bond donors (Lipinski definition) is 8. The van der Waals surface area contributed by atoms with Crippen LogP contribution in [-0.2, 0) is 60.3 Å². The molecule has 0 aliphatic carbocycles. The third-order valence-electron chi connectivity index (χ3n) is 14.9. The molecule has 5 rings (SSSR count). The summed E-state index contributed by atoms with van der Waals surface area (Å²) in [6.07, 6.45) is -6.22. The molecule has 0 radical (unpaired) electrons. The molecule has 9 atom stereocenters. The number of allylic oxidation sites excluding steroid dienone is 3. The Morgan fingerprint density at radius 1 is 1.00 bits per heavy atom. The summed E-state index contributed by atoms with van der Waals surface area (Å²) in [5.41, 5.74) is 0.742. The Hall–Kier alpha value is -6.20. The Balaban J connectivity index is 1.37. The van der Waals surface area contributed by atoms with Gasteiger partial charge in [0.05, 0.1) is 49.1 Å². The molecular formula is C57H76Br2ClF3N8O15. The van der Waals surface area contributed by atoms with E-state index in [0.29, 0.717) is 48.0 Å². The summed E-state index contributed by atoms with van der Waals surface area (Å²) >= 11 is 13.3. The largest absolute Gasteiger partial charge is 0.495 e. The maximum absolute atomic E-state index is 15.0. The zero-order chi connectivity index (χ0) is 63.8. The lowest BCUT2D eigenvalue weighted by atomic mass is 9.83. The van der Waals surface area contributed by atoms with E-state index in [1.165, 1.54) is 33.1 Å². The Bertz CT molecular complexity index is 2850. The lowest BCUT2D eigenvalue weighted by Gasteiger charge is -2.42. The van der Waals surface area contributed by atoms with Crippen LogP contribution in [0.25, 0.3) is 0 Å². The number of anilines is 3. The molecule has 23 nitrogen and oxygen atoms in total. The number of epoxide rings is 1. The number of urea groups is 1. The van der Waals surface area contributed by atoms with Crippen LogP contribution in [0, 0.1) is 17.8 Å². The number of halogens is 6. The number of carbonyl (C=O) groups is 8. The summed E-state index contributed by atoms with van der Waals surface area (Å²) in [7, 11) is 4.20. The van der Waals surface area contributed by atoms with Gasteiger partial charge < -0.3 is 65.4 Å². The number of alkyl halides is 5. The third-order valence-corrected chi connectivity index (χ3v) is 16.8. The fourth-order valence-corrected chi connectivity index (χ4v) is 11.8. The molecule has 3 heterocycles. The van der Waals surface area contributed by atoms with Gasteiger partial charge in [0.2, 0.25) is 23.6 Å². The van der Waals surface area contributed by atoms with E-state index in [1.54, 1.807) is 51.1 Å². The molecule has 0 unspecified atom stereocenters. The number of nitrogens with zero attached hydrogens (tertiary/aromatic N) is 1. The Kier molecular flexibility index (Phi) is 26.0. The first-order valence-electron chi connectivity index (χ1n) is 27.8. The number of nitrogens with two attached hydrogens (primary N) is 1. The first-order chi connectivity index (χ1) is 40.5. The van der Waals surface area contributed by atoms with Crippen LogP contribution in [0.2, 0.25) is 5.02 Å². The molecule has 0 saturated carbocycles. The molecule has 0 aromatic heterocycles. The fraction of sp³-hybridized carbons (Fsp3) is 0.579. The zero-order valence-corrected chi connectivity index (χ0v) is 52.9. The van der Waals surface area contributed by atoms with E-state index < -0.39 is 131 Å². The maximum Gasteiger partial charge on any atom is 0.418 e. The van der Waals surface area contributed by atoms with Gasteiger partial charge in [0.25, 0.3) is 0 Å². The highest BCUT2D eigenvalue weighted by atomic mass is 79.9. The number of amides is 8. The highest BCUT2D eigenvalue weighted by Gasteiger charge is 2.64. The van der Waals surface area contributed by atoms with Crippen LogP contribution in [0.3, 0.4) is 0 Å². The minimum absolute atomic E-state index is 0.00628. The van der Waals surface area contributed by atoms with Crippen molar-refractivity contribution in [1.29, 1.82) is 0 Å². The van der Waals surface area contributed by atoms with Gasteiger partial charge in [-0.1, -0.05) is 88.0 Å². The van der Waals surface area contributed by atoms with E-state index in [9.17, 15) is 43.5 Å². The number of esters is 1. The van der Waals surface area contributed by atoms with Gasteiger partial charge in [-0.05, 0) is 94.2 Å². The predicted molar refractivity (Wildman–Crippen MR) is 319 cm³/mol. The van der Waals surface area contributed by atoms with E-state index in [0.717, 1.165) is 17.7 Å². The van der Waals surface area contributed by atoms with Crippen molar-refractivity contribution in [2.75, 3.05) is 60.6 Å². The standard InChI is InChI=1S/C57H76Br2ClF3N8O15/c1-30(2)47(69-44(72)17-10-9-11-21-83-51(76)34(28-58)29-59)50(75)68-38(15-13-20-65-52(64)77)49(74)67-37-19-18-35(25-36(37)57(61,62)63)66-53(78)85-43-26-45(73)71(6)39-23-33(24-40(81-7)46(39)60)22-31(3)14-12-16-42(82-8)56(80)27-41(84-54(79)70-56)32(4)48-55(43,5)86-48/h12,14,16,18-19,23-25,30,32,34,38,41-43,47-48,80H,9-11,13,15,17,20-22,26-29H2,1-8H3,(H,66,78)(H,67,74)(H,68,75)(H,69,72)(H,70,79)(H3,64,65,77)/b16-12+,31-14+/t32-,38+,41+,42-,43+,47+,48+,55+,56+/m1/s1. The number of ether oxygens (including phenoxy) is 6. The normalized spacial score (nSPS) is 24.1. The van der Waals surface area contributed by atoms with Crippen LogP contribution >= 0.6 is 43.5 Å². The van der Waals surface area contributed by atoms with E-state index >= 15 is 13.2 Å². The van der Waals surface area contributed by atoms with Crippen LogP contribution < -0.4 is 47.3 Å². The van der Waals surface area contributed by atoms with Crippen molar-refractivity contribution in [3.05, 3.63) is 70.3 Å². The van der Waals surface area contributed by atoms with E-state index in [4.69, 9.17) is 45.8 Å². The molecule has 8 amide bonds. The lowest BCUT2D eigenvalue weighted by molar-refractivity contribution is -0.147. The van der Waals surface area contributed by atoms with Crippen molar-refractivity contribution < 1.29 is 85.1 Å². The van der Waals surface area contributed by atoms with Gasteiger partial charge in [-0.15, -0.1) is 0 Å². The second kappa shape index (κ2) is 31.6. The molecule has 3 aliphatic rings. The monoisotopic (exact) mass is 1360 g/mol. The molecule has 2 saturated heterocycles. The van der Waals surface area contributed by atoms with E-state index in [2.05, 4.69) is 63.8 Å². The highest BCUT2D eigenvalue weighted by Crippen LogP contribution is 2.49.